The quantitative estimate of drug-likeness (QED) is 0.501. The number of carboxylic acid groups (broad SMARTS) is 1. The molecule has 0 spiro atoms. The van der Waals surface area contributed by atoms with Crippen LogP contribution in [0.2, 0.25) is 0 Å². The normalized spacial score (nSPS) is 44.2. The number of carbonyl (C=O) groups is 3. The number of carboxylic acids is 1. The average Bonchev–Trinajstić information content (AvgIpc) is 3.10. The first-order chi connectivity index (χ1) is 16.0. The van der Waals surface area contributed by atoms with Crippen molar-refractivity contribution in [2.24, 2.45) is 46.3 Å². The molecule has 0 aliphatic heterocycles. The fourth-order valence-corrected chi connectivity index (χ4v) is 9.39. The van der Waals surface area contributed by atoms with Crippen molar-refractivity contribution in [3.63, 3.8) is 0 Å². The highest BCUT2D eigenvalue weighted by molar-refractivity contribution is 5.67. The minimum Gasteiger partial charge on any atom is -0.481 e. The Kier molecular flexibility index (Phi) is 7.10. The fourth-order valence-electron chi connectivity index (χ4n) is 9.39. The lowest BCUT2D eigenvalue weighted by molar-refractivity contribution is -0.197. The molecule has 0 saturated heterocycles. The third kappa shape index (κ3) is 4.39. The van der Waals surface area contributed by atoms with Crippen LogP contribution >= 0.6 is 0 Å². The van der Waals surface area contributed by atoms with Gasteiger partial charge >= 0.3 is 17.9 Å². The molecule has 4 rings (SSSR count). The fraction of sp³-hybridized carbons (Fsp3) is 0.893. The smallest absolute Gasteiger partial charge is 0.303 e. The highest BCUT2D eigenvalue weighted by Gasteiger charge is 2.65. The molecular formula is C28H44O6. The van der Waals surface area contributed by atoms with E-state index < -0.39 is 5.97 Å². The van der Waals surface area contributed by atoms with Crippen molar-refractivity contribution in [2.75, 3.05) is 0 Å². The summed E-state index contributed by atoms with van der Waals surface area (Å²) in [5.74, 6) is 1.75. The summed E-state index contributed by atoms with van der Waals surface area (Å²) < 4.78 is 11.7. The molecule has 6 heteroatoms. The van der Waals surface area contributed by atoms with Gasteiger partial charge in [0.05, 0.1) is 0 Å². The highest BCUT2D eigenvalue weighted by Crippen LogP contribution is 2.69. The van der Waals surface area contributed by atoms with E-state index in [1.807, 2.05) is 0 Å². The largest absolute Gasteiger partial charge is 0.481 e. The molecule has 4 saturated carbocycles. The summed E-state index contributed by atoms with van der Waals surface area (Å²) in [4.78, 5) is 35.0. The zero-order valence-corrected chi connectivity index (χ0v) is 21.7. The van der Waals surface area contributed by atoms with Crippen LogP contribution in [0.3, 0.4) is 0 Å². The molecule has 3 unspecified atom stereocenters. The van der Waals surface area contributed by atoms with E-state index in [0.717, 1.165) is 38.5 Å². The zero-order chi connectivity index (χ0) is 24.8. The Morgan fingerprint density at radius 2 is 1.65 bits per heavy atom. The Labute approximate surface area is 204 Å². The molecule has 4 aliphatic carbocycles. The number of esters is 2. The molecule has 0 aromatic carbocycles. The van der Waals surface area contributed by atoms with Gasteiger partial charge in [-0.05, 0) is 98.7 Å². The summed E-state index contributed by atoms with van der Waals surface area (Å²) >= 11 is 0. The van der Waals surface area contributed by atoms with Gasteiger partial charge in [-0.3, -0.25) is 14.4 Å². The molecular weight excluding hydrogens is 432 g/mol. The Hall–Kier alpha value is -1.59. The van der Waals surface area contributed by atoms with Crippen LogP contribution in [0.1, 0.15) is 98.8 Å². The number of hydrogen-bond acceptors (Lipinski definition) is 5. The van der Waals surface area contributed by atoms with Crippen molar-refractivity contribution in [1.82, 2.24) is 0 Å². The van der Waals surface area contributed by atoms with E-state index in [-0.39, 0.29) is 41.4 Å². The first-order valence-corrected chi connectivity index (χ1v) is 13.5. The Bertz CT molecular complexity index is 809. The van der Waals surface area contributed by atoms with Crippen LogP contribution in [0.4, 0.5) is 0 Å². The number of ether oxygens (including phenoxy) is 2. The van der Waals surface area contributed by atoms with Crippen LogP contribution in [-0.2, 0) is 23.9 Å². The van der Waals surface area contributed by atoms with Crippen molar-refractivity contribution < 1.29 is 29.0 Å². The van der Waals surface area contributed by atoms with Crippen molar-refractivity contribution in [3.05, 3.63) is 0 Å². The molecule has 0 aromatic rings. The topological polar surface area (TPSA) is 89.9 Å². The van der Waals surface area contributed by atoms with E-state index in [1.54, 1.807) is 0 Å². The molecule has 0 heterocycles. The lowest BCUT2D eigenvalue weighted by atomic mass is 9.43. The number of carbonyl (C=O) groups excluding carboxylic acids is 2. The van der Waals surface area contributed by atoms with Gasteiger partial charge < -0.3 is 14.6 Å². The van der Waals surface area contributed by atoms with Crippen LogP contribution in [0.25, 0.3) is 0 Å². The van der Waals surface area contributed by atoms with Gasteiger partial charge in [-0.2, -0.15) is 0 Å². The van der Waals surface area contributed by atoms with E-state index >= 15 is 0 Å². The maximum atomic E-state index is 12.3. The Morgan fingerprint density at radius 3 is 2.29 bits per heavy atom. The Balaban J connectivity index is 1.60. The van der Waals surface area contributed by atoms with E-state index in [0.29, 0.717) is 41.9 Å². The van der Waals surface area contributed by atoms with E-state index in [9.17, 15) is 19.5 Å². The first kappa shape index (κ1) is 25.5. The predicted molar refractivity (Wildman–Crippen MR) is 128 cm³/mol. The molecule has 6 nitrogen and oxygen atoms in total. The van der Waals surface area contributed by atoms with Gasteiger partial charge in [0.2, 0.25) is 0 Å². The molecule has 4 fully saturated rings. The minimum atomic E-state index is -0.734. The number of rotatable bonds is 6. The third-order valence-corrected chi connectivity index (χ3v) is 10.9. The predicted octanol–water partition coefficient (Wildman–Crippen LogP) is 5.62. The molecule has 0 bridgehead atoms. The molecule has 0 amide bonds. The van der Waals surface area contributed by atoms with Crippen molar-refractivity contribution in [3.8, 4) is 0 Å². The van der Waals surface area contributed by atoms with E-state index in [4.69, 9.17) is 9.47 Å². The standard InChI is InChI=1S/C28H44O6/c1-16(6-11-26(31)32)22-9-10-23-21-8-7-19-14-20(33-17(2)29)12-13-27(19,4)24(21)15-25(28(22,23)5)34-18(3)30/h16,19-25H,6-15H2,1-5H3,(H,31,32)/t16-,19?,20?,21+,22-,23+,24+,25?,27+,28-/m1/s1. The molecule has 34 heavy (non-hydrogen) atoms. The van der Waals surface area contributed by atoms with Gasteiger partial charge in [-0.1, -0.05) is 20.8 Å². The second-order valence-corrected chi connectivity index (χ2v) is 12.5. The maximum absolute atomic E-state index is 12.3. The molecule has 192 valence electrons. The van der Waals surface area contributed by atoms with Crippen molar-refractivity contribution >= 4 is 17.9 Å². The summed E-state index contributed by atoms with van der Waals surface area (Å²) in [6.07, 6.45) is 9.27. The van der Waals surface area contributed by atoms with Crippen molar-refractivity contribution in [2.45, 2.75) is 111 Å². The summed E-state index contributed by atoms with van der Waals surface area (Å²) in [5.41, 5.74) is 0.0925. The lowest BCUT2D eigenvalue weighted by Crippen LogP contribution is -2.59. The van der Waals surface area contributed by atoms with E-state index in [1.165, 1.54) is 26.7 Å². The second-order valence-electron chi connectivity index (χ2n) is 12.5. The minimum absolute atomic E-state index is 0.0381. The first-order valence-electron chi connectivity index (χ1n) is 13.5. The maximum Gasteiger partial charge on any atom is 0.303 e. The third-order valence-electron chi connectivity index (χ3n) is 10.9. The summed E-state index contributed by atoms with van der Waals surface area (Å²) in [6.45, 7) is 10.0. The van der Waals surface area contributed by atoms with Gasteiger partial charge in [0.25, 0.3) is 0 Å². The summed E-state index contributed by atoms with van der Waals surface area (Å²) in [6, 6.07) is 0. The van der Waals surface area contributed by atoms with Crippen LogP contribution in [0, 0.1) is 46.3 Å². The summed E-state index contributed by atoms with van der Waals surface area (Å²) in [7, 11) is 0. The van der Waals surface area contributed by atoms with Crippen LogP contribution < -0.4 is 0 Å². The molecule has 1 N–H and O–H groups in total. The number of hydrogen-bond donors (Lipinski definition) is 1. The van der Waals surface area contributed by atoms with Crippen LogP contribution in [0.5, 0.6) is 0 Å². The van der Waals surface area contributed by atoms with Gasteiger partial charge in [0.15, 0.2) is 0 Å². The van der Waals surface area contributed by atoms with Gasteiger partial charge in [0.1, 0.15) is 12.2 Å². The average molecular weight is 477 g/mol. The SMILES string of the molecule is CC(=O)OC1CC[C@@]2(C)C(CC[C@H]3[C@@H]4CC[C@H]([C@H](C)CCC(=O)O)[C@@]4(C)C(OC(C)=O)C[C@@H]32)C1. The molecule has 0 aromatic heterocycles. The second kappa shape index (κ2) is 9.46. The highest BCUT2D eigenvalue weighted by atomic mass is 16.5. The van der Waals surface area contributed by atoms with Crippen molar-refractivity contribution in [1.29, 1.82) is 0 Å². The van der Waals surface area contributed by atoms with Crippen LogP contribution in [-0.4, -0.2) is 35.2 Å². The van der Waals surface area contributed by atoms with Gasteiger partial charge in [0, 0.05) is 25.7 Å². The molecule has 0 radical (unpaired) electrons. The molecule has 4 aliphatic rings. The zero-order valence-electron chi connectivity index (χ0n) is 21.7. The van der Waals surface area contributed by atoms with E-state index in [2.05, 4.69) is 20.8 Å². The van der Waals surface area contributed by atoms with Crippen LogP contribution in [0.15, 0.2) is 0 Å². The van der Waals surface area contributed by atoms with Gasteiger partial charge in [-0.25, -0.2) is 0 Å². The summed E-state index contributed by atoms with van der Waals surface area (Å²) in [5, 5.41) is 9.24. The number of fused-ring (bicyclic) bond motifs is 5. The molecule has 10 atom stereocenters. The number of aliphatic carboxylic acids is 1. The lowest BCUT2D eigenvalue weighted by Gasteiger charge is -2.62. The van der Waals surface area contributed by atoms with Gasteiger partial charge in [-0.15, -0.1) is 0 Å². The monoisotopic (exact) mass is 476 g/mol. The Morgan fingerprint density at radius 1 is 0.941 bits per heavy atom.